The van der Waals surface area contributed by atoms with E-state index in [0.29, 0.717) is 16.9 Å². The molecular weight excluding hydrogens is 296 g/mol. The zero-order valence-electron chi connectivity index (χ0n) is 10.6. The van der Waals surface area contributed by atoms with E-state index in [0.717, 1.165) is 24.4 Å². The van der Waals surface area contributed by atoms with Crippen molar-refractivity contribution in [3.05, 3.63) is 40.0 Å². The molecule has 0 aromatic carbocycles. The average Bonchev–Trinajstić information content (AvgIpc) is 2.95. The van der Waals surface area contributed by atoms with E-state index < -0.39 is 6.10 Å². The quantitative estimate of drug-likeness (QED) is 0.923. The smallest absolute Gasteiger partial charge is 0.169 e. The zero-order valence-corrected chi connectivity index (χ0v) is 12.1. The average molecular weight is 313 g/mol. The second kappa shape index (κ2) is 5.71. The van der Waals surface area contributed by atoms with Gasteiger partial charge in [0.25, 0.3) is 0 Å². The summed E-state index contributed by atoms with van der Waals surface area (Å²) < 4.78 is 7.93. The van der Waals surface area contributed by atoms with Gasteiger partial charge in [-0.05, 0) is 47.5 Å². The highest BCUT2D eigenvalue weighted by atomic mass is 79.9. The van der Waals surface area contributed by atoms with Crippen LogP contribution in [-0.4, -0.2) is 14.9 Å². The Morgan fingerprint density at radius 2 is 2.22 bits per heavy atom. The number of aryl methyl sites for hydroxylation is 2. The Morgan fingerprint density at radius 1 is 1.44 bits per heavy atom. The summed E-state index contributed by atoms with van der Waals surface area (Å²) in [5.74, 6) is 0.573. The van der Waals surface area contributed by atoms with Crippen LogP contribution in [0.4, 0.5) is 0 Å². The van der Waals surface area contributed by atoms with Gasteiger partial charge >= 0.3 is 0 Å². The van der Waals surface area contributed by atoms with Gasteiger partial charge in [-0.2, -0.15) is 5.10 Å². The minimum Gasteiger partial charge on any atom is -0.452 e. The Kier molecular flexibility index (Phi) is 4.24. The first-order valence-corrected chi connectivity index (χ1v) is 6.92. The van der Waals surface area contributed by atoms with E-state index in [-0.39, 0.29) is 0 Å². The van der Waals surface area contributed by atoms with E-state index in [4.69, 9.17) is 4.42 Å². The number of hydrogen-bond donors (Lipinski definition) is 1. The highest BCUT2D eigenvalue weighted by molar-refractivity contribution is 9.10. The Balaban J connectivity index is 2.15. The molecule has 2 aromatic rings. The maximum Gasteiger partial charge on any atom is 0.169 e. The van der Waals surface area contributed by atoms with Gasteiger partial charge in [-0.15, -0.1) is 0 Å². The zero-order chi connectivity index (χ0) is 13.1. The summed E-state index contributed by atoms with van der Waals surface area (Å²) in [6.07, 6.45) is 0.784. The standard InChI is InChI=1S/C13H17BrN2O2/c1-3-9-7-10(16(4-2)15-9)8-11(17)12-5-6-13(14)18-12/h5-7,11,17H,3-4,8H2,1-2H3. The van der Waals surface area contributed by atoms with Crippen molar-refractivity contribution < 1.29 is 9.52 Å². The van der Waals surface area contributed by atoms with E-state index >= 15 is 0 Å². The van der Waals surface area contributed by atoms with Gasteiger partial charge in [-0.1, -0.05) is 6.92 Å². The van der Waals surface area contributed by atoms with E-state index in [1.165, 1.54) is 0 Å². The van der Waals surface area contributed by atoms with Crippen LogP contribution in [0.15, 0.2) is 27.3 Å². The molecule has 0 bridgehead atoms. The number of aromatic nitrogens is 2. The summed E-state index contributed by atoms with van der Waals surface area (Å²) in [6.45, 7) is 4.93. The molecule has 0 spiro atoms. The molecule has 1 atom stereocenters. The Hall–Kier alpha value is -1.07. The molecule has 0 aliphatic rings. The Labute approximate surface area is 115 Å². The van der Waals surface area contributed by atoms with Crippen LogP contribution >= 0.6 is 15.9 Å². The lowest BCUT2D eigenvalue weighted by atomic mass is 10.1. The van der Waals surface area contributed by atoms with E-state index in [2.05, 4.69) is 28.0 Å². The van der Waals surface area contributed by atoms with Crippen LogP contribution < -0.4 is 0 Å². The molecule has 0 amide bonds. The molecule has 0 radical (unpaired) electrons. The summed E-state index contributed by atoms with van der Waals surface area (Å²) in [7, 11) is 0. The van der Waals surface area contributed by atoms with Crippen molar-refractivity contribution in [1.82, 2.24) is 9.78 Å². The molecule has 18 heavy (non-hydrogen) atoms. The molecule has 0 saturated carbocycles. The molecule has 0 aliphatic carbocycles. The number of aliphatic hydroxyl groups is 1. The molecular formula is C13H17BrN2O2. The summed E-state index contributed by atoms with van der Waals surface area (Å²) >= 11 is 3.23. The highest BCUT2D eigenvalue weighted by Gasteiger charge is 2.16. The fourth-order valence-corrected chi connectivity index (χ4v) is 2.25. The predicted octanol–water partition coefficient (Wildman–Crippen LogP) is 3.10. The number of rotatable bonds is 5. The van der Waals surface area contributed by atoms with Gasteiger partial charge in [-0.3, -0.25) is 4.68 Å². The van der Waals surface area contributed by atoms with Crippen molar-refractivity contribution in [2.24, 2.45) is 0 Å². The molecule has 98 valence electrons. The van der Waals surface area contributed by atoms with Crippen LogP contribution in [0.2, 0.25) is 0 Å². The van der Waals surface area contributed by atoms with Gasteiger partial charge in [0.1, 0.15) is 11.9 Å². The lowest BCUT2D eigenvalue weighted by molar-refractivity contribution is 0.146. The summed E-state index contributed by atoms with van der Waals surface area (Å²) in [5.41, 5.74) is 2.09. The van der Waals surface area contributed by atoms with Gasteiger partial charge in [0.05, 0.1) is 5.69 Å². The van der Waals surface area contributed by atoms with Crippen LogP contribution in [0.5, 0.6) is 0 Å². The molecule has 1 unspecified atom stereocenters. The van der Waals surface area contributed by atoms with Crippen molar-refractivity contribution in [2.45, 2.75) is 39.3 Å². The number of halogens is 1. The number of hydrogen-bond acceptors (Lipinski definition) is 3. The molecule has 4 nitrogen and oxygen atoms in total. The third-order valence-electron chi connectivity index (χ3n) is 2.90. The van der Waals surface area contributed by atoms with Gasteiger partial charge in [-0.25, -0.2) is 0 Å². The van der Waals surface area contributed by atoms with Crippen molar-refractivity contribution in [1.29, 1.82) is 0 Å². The van der Waals surface area contributed by atoms with Gasteiger partial charge < -0.3 is 9.52 Å². The molecule has 0 aliphatic heterocycles. The van der Waals surface area contributed by atoms with E-state index in [1.807, 2.05) is 17.7 Å². The highest BCUT2D eigenvalue weighted by Crippen LogP contribution is 2.23. The van der Waals surface area contributed by atoms with Gasteiger partial charge in [0, 0.05) is 18.7 Å². The maximum atomic E-state index is 10.1. The fraction of sp³-hybridized carbons (Fsp3) is 0.462. The predicted molar refractivity (Wildman–Crippen MR) is 72.4 cm³/mol. The summed E-state index contributed by atoms with van der Waals surface area (Å²) in [4.78, 5) is 0. The fourth-order valence-electron chi connectivity index (χ4n) is 1.93. The van der Waals surface area contributed by atoms with Crippen LogP contribution in [-0.2, 0) is 19.4 Å². The molecule has 1 N–H and O–H groups in total. The van der Waals surface area contributed by atoms with Crippen molar-refractivity contribution >= 4 is 15.9 Å². The van der Waals surface area contributed by atoms with Gasteiger partial charge in [0.15, 0.2) is 4.67 Å². The summed E-state index contributed by atoms with van der Waals surface area (Å²) in [6, 6.07) is 5.61. The molecule has 2 heterocycles. The first-order valence-electron chi connectivity index (χ1n) is 6.13. The second-order valence-corrected chi connectivity index (χ2v) is 4.94. The van der Waals surface area contributed by atoms with Crippen molar-refractivity contribution in [3.8, 4) is 0 Å². The first kappa shape index (κ1) is 13.4. The third-order valence-corrected chi connectivity index (χ3v) is 3.33. The van der Waals surface area contributed by atoms with Crippen LogP contribution in [0.3, 0.4) is 0 Å². The number of furan rings is 1. The molecule has 0 fully saturated rings. The molecule has 5 heteroatoms. The van der Waals surface area contributed by atoms with E-state index in [1.54, 1.807) is 12.1 Å². The number of nitrogens with zero attached hydrogens (tertiary/aromatic N) is 2. The lowest BCUT2D eigenvalue weighted by Crippen LogP contribution is -2.07. The minimum absolute atomic E-state index is 0.515. The normalized spacial score (nSPS) is 12.9. The Bertz CT molecular complexity index is 519. The first-order chi connectivity index (χ1) is 8.63. The SMILES string of the molecule is CCc1cc(CC(O)c2ccc(Br)o2)n(CC)n1. The lowest BCUT2D eigenvalue weighted by Gasteiger charge is -2.08. The number of aliphatic hydroxyl groups excluding tert-OH is 1. The van der Waals surface area contributed by atoms with Crippen LogP contribution in [0.1, 0.15) is 37.1 Å². The molecule has 2 aromatic heterocycles. The van der Waals surface area contributed by atoms with Crippen LogP contribution in [0.25, 0.3) is 0 Å². The van der Waals surface area contributed by atoms with Crippen LogP contribution in [0, 0.1) is 0 Å². The monoisotopic (exact) mass is 312 g/mol. The molecule has 2 rings (SSSR count). The minimum atomic E-state index is -0.636. The second-order valence-electron chi connectivity index (χ2n) is 4.16. The molecule has 0 saturated heterocycles. The maximum absolute atomic E-state index is 10.1. The van der Waals surface area contributed by atoms with Gasteiger partial charge in [0.2, 0.25) is 0 Å². The van der Waals surface area contributed by atoms with E-state index in [9.17, 15) is 5.11 Å². The van der Waals surface area contributed by atoms with Crippen molar-refractivity contribution in [3.63, 3.8) is 0 Å². The third kappa shape index (κ3) is 2.84. The summed E-state index contributed by atoms with van der Waals surface area (Å²) in [5, 5.41) is 14.6. The van der Waals surface area contributed by atoms with Crippen molar-refractivity contribution in [2.75, 3.05) is 0 Å². The topological polar surface area (TPSA) is 51.2 Å². The Morgan fingerprint density at radius 3 is 2.78 bits per heavy atom. The largest absolute Gasteiger partial charge is 0.452 e.